The van der Waals surface area contributed by atoms with Gasteiger partial charge in [0.05, 0.1) is 0 Å². The van der Waals surface area contributed by atoms with Crippen LogP contribution < -0.4 is 7.31 Å². The van der Waals surface area contributed by atoms with Gasteiger partial charge in [0.1, 0.15) is 0 Å². The second-order valence-electron chi connectivity index (χ2n) is 5.34. The topological polar surface area (TPSA) is 3.88 Å². The third kappa shape index (κ3) is 2.35. The number of aromatic nitrogens is 1. The van der Waals surface area contributed by atoms with E-state index in [0.717, 1.165) is 6.42 Å². The van der Waals surface area contributed by atoms with Gasteiger partial charge < -0.3 is 0 Å². The van der Waals surface area contributed by atoms with E-state index in [0.29, 0.717) is 0 Å². The Balaban J connectivity index is 1.69. The predicted molar refractivity (Wildman–Crippen MR) is 81.1 cm³/mol. The predicted octanol–water partition coefficient (Wildman–Crippen LogP) is 3.02. The van der Waals surface area contributed by atoms with Crippen molar-refractivity contribution in [2.24, 2.45) is 0 Å². The minimum atomic E-state index is -0.312. The fourth-order valence-corrected chi connectivity index (χ4v) is 5.40. The van der Waals surface area contributed by atoms with E-state index in [9.17, 15) is 0 Å². The van der Waals surface area contributed by atoms with E-state index >= 15 is 0 Å². The molecule has 0 aliphatic heterocycles. The molecule has 106 valence electrons. The number of hydrogen-bond donors (Lipinski definition) is 0. The molecule has 0 radical (unpaired) electrons. The summed E-state index contributed by atoms with van der Waals surface area (Å²) in [6.45, 7) is 2.21. The maximum atomic E-state index is 2.42. The molecular formula is C19H16IrN. The van der Waals surface area contributed by atoms with Crippen LogP contribution in [0.4, 0.5) is 0 Å². The Morgan fingerprint density at radius 1 is 0.857 bits per heavy atom. The zero-order valence-corrected chi connectivity index (χ0v) is 14.2. The molecule has 0 bridgehead atoms. The molecule has 2 aromatic carbocycles. The second kappa shape index (κ2) is 5.22. The summed E-state index contributed by atoms with van der Waals surface area (Å²) >= 11 is -0.312. The Labute approximate surface area is 133 Å². The summed E-state index contributed by atoms with van der Waals surface area (Å²) in [5.74, 6) is 0. The molecule has 0 fully saturated rings. The van der Waals surface area contributed by atoms with Gasteiger partial charge in [-0.05, 0) is 0 Å². The molecule has 0 saturated carbocycles. The Morgan fingerprint density at radius 3 is 2.52 bits per heavy atom. The quantitative estimate of drug-likeness (QED) is 0.442. The third-order valence-corrected chi connectivity index (χ3v) is 7.11. The van der Waals surface area contributed by atoms with E-state index < -0.39 is 0 Å². The zero-order chi connectivity index (χ0) is 14.2. The summed E-state index contributed by atoms with van der Waals surface area (Å²) in [6.07, 6.45) is 5.70. The van der Waals surface area contributed by atoms with E-state index in [4.69, 9.17) is 0 Å². The fourth-order valence-electron chi connectivity index (χ4n) is 2.82. The van der Waals surface area contributed by atoms with Crippen molar-refractivity contribution in [2.45, 2.75) is 13.3 Å². The van der Waals surface area contributed by atoms with Crippen molar-refractivity contribution in [3.8, 4) is 11.1 Å². The van der Waals surface area contributed by atoms with E-state index in [1.807, 2.05) is 0 Å². The van der Waals surface area contributed by atoms with Crippen molar-refractivity contribution in [3.05, 3.63) is 83.7 Å². The molecular weight excluding hydrogens is 434 g/mol. The van der Waals surface area contributed by atoms with Crippen LogP contribution in [0.3, 0.4) is 0 Å². The fraction of sp³-hybridized carbons (Fsp3) is 0.105. The summed E-state index contributed by atoms with van der Waals surface area (Å²) in [7, 11) is 0. The number of rotatable bonds is 2. The molecule has 0 spiro atoms. The van der Waals surface area contributed by atoms with Gasteiger partial charge in [0, 0.05) is 0 Å². The first kappa shape index (κ1) is 12.9. The summed E-state index contributed by atoms with van der Waals surface area (Å²) < 4.78 is 3.94. The van der Waals surface area contributed by atoms with Gasteiger partial charge >= 0.3 is 133 Å². The van der Waals surface area contributed by atoms with Crippen LogP contribution >= 0.6 is 0 Å². The molecule has 0 amide bonds. The normalized spacial score (nSPS) is 12.2. The summed E-state index contributed by atoms with van der Waals surface area (Å²) in [5, 5.41) is 0. The first-order chi connectivity index (χ1) is 10.3. The Hall–Kier alpha value is -1.76. The van der Waals surface area contributed by atoms with E-state index in [2.05, 4.69) is 77.2 Å². The van der Waals surface area contributed by atoms with Crippen molar-refractivity contribution in [3.63, 3.8) is 0 Å². The standard InChI is InChI=1S/C12H9N.C7H7.Ir/c1-2-4-11-9(3-1)7-10-8-13-6-5-12(10)11;1-7-5-3-2-4-6-7;/h1-6,8H,7H2;2-5H,1H3;. The molecule has 21 heavy (non-hydrogen) atoms. The van der Waals surface area contributed by atoms with Gasteiger partial charge in [-0.15, -0.1) is 0 Å². The first-order valence-corrected chi connectivity index (χ1v) is 9.37. The average Bonchev–Trinajstić information content (AvgIpc) is 2.87. The van der Waals surface area contributed by atoms with Crippen molar-refractivity contribution in [1.29, 1.82) is 0 Å². The molecule has 1 aromatic heterocycles. The molecule has 4 rings (SSSR count). The van der Waals surface area contributed by atoms with Crippen LogP contribution in [0.5, 0.6) is 0 Å². The van der Waals surface area contributed by atoms with Crippen LogP contribution in [0.15, 0.2) is 67.0 Å². The third-order valence-electron chi connectivity index (χ3n) is 3.90. The minimum absolute atomic E-state index is 0.312. The maximum absolute atomic E-state index is 2.42. The monoisotopic (exact) mass is 451 g/mol. The van der Waals surface area contributed by atoms with Crippen molar-refractivity contribution < 1.29 is 21.2 Å². The van der Waals surface area contributed by atoms with Gasteiger partial charge in [0.2, 0.25) is 0 Å². The number of hydrogen-bond acceptors (Lipinski definition) is 0. The number of aryl methyl sites for hydroxylation is 1. The second-order valence-corrected chi connectivity index (χ2v) is 8.40. The Kier molecular flexibility index (Phi) is 3.21. The zero-order valence-electron chi connectivity index (χ0n) is 11.8. The van der Waals surface area contributed by atoms with Crippen molar-refractivity contribution in [2.75, 3.05) is 0 Å². The van der Waals surface area contributed by atoms with Gasteiger partial charge in [0.15, 0.2) is 0 Å². The molecule has 0 saturated heterocycles. The summed E-state index contributed by atoms with van der Waals surface area (Å²) in [5.41, 5.74) is 7.17. The molecule has 2 heteroatoms. The molecule has 0 unspecified atom stereocenters. The molecule has 1 aliphatic rings. The number of fused-ring (bicyclic) bond motifs is 3. The van der Waals surface area contributed by atoms with Gasteiger partial charge in [-0.1, -0.05) is 0 Å². The Bertz CT molecular complexity index is 823. The average molecular weight is 451 g/mol. The van der Waals surface area contributed by atoms with Crippen molar-refractivity contribution in [1.82, 2.24) is 0 Å². The number of pyridine rings is 1. The van der Waals surface area contributed by atoms with E-state index in [-0.39, 0.29) is 17.9 Å². The summed E-state index contributed by atoms with van der Waals surface area (Å²) in [4.78, 5) is 0. The number of benzene rings is 2. The SMILES string of the molecule is Cc1cccc[c]1[Ir-][n+]1ccc2c(c1)Cc1ccccc1-2. The van der Waals surface area contributed by atoms with Crippen LogP contribution in [-0.2, 0) is 24.4 Å². The molecule has 1 heterocycles. The van der Waals surface area contributed by atoms with E-state index in [1.165, 1.54) is 31.9 Å². The van der Waals surface area contributed by atoms with E-state index in [1.54, 1.807) is 0 Å². The molecule has 1 nitrogen and oxygen atoms in total. The summed E-state index contributed by atoms with van der Waals surface area (Å²) in [6, 6.07) is 19.8. The first-order valence-electron chi connectivity index (χ1n) is 7.10. The van der Waals surface area contributed by atoms with Crippen molar-refractivity contribution >= 4 is 4.08 Å². The van der Waals surface area contributed by atoms with Crippen LogP contribution in [0, 0.1) is 6.92 Å². The molecule has 0 N–H and O–H groups in total. The number of nitrogens with zero attached hydrogens (tertiary/aromatic N) is 1. The van der Waals surface area contributed by atoms with Crippen LogP contribution in [0.1, 0.15) is 16.7 Å². The van der Waals surface area contributed by atoms with Crippen LogP contribution in [-0.4, -0.2) is 0 Å². The van der Waals surface area contributed by atoms with Gasteiger partial charge in [0.25, 0.3) is 0 Å². The van der Waals surface area contributed by atoms with Crippen LogP contribution in [0.2, 0.25) is 0 Å². The molecule has 3 aromatic rings. The molecule has 1 aliphatic carbocycles. The molecule has 0 atom stereocenters. The van der Waals surface area contributed by atoms with Gasteiger partial charge in [-0.3, -0.25) is 0 Å². The Morgan fingerprint density at radius 2 is 1.62 bits per heavy atom. The van der Waals surface area contributed by atoms with Gasteiger partial charge in [-0.2, -0.15) is 0 Å². The van der Waals surface area contributed by atoms with Crippen LogP contribution in [0.25, 0.3) is 11.1 Å². The van der Waals surface area contributed by atoms with Gasteiger partial charge in [-0.25, -0.2) is 0 Å².